The van der Waals surface area contributed by atoms with Gasteiger partial charge >= 0.3 is 0 Å². The molecule has 110 valence electrons. The summed E-state index contributed by atoms with van der Waals surface area (Å²) in [5.41, 5.74) is 6.97. The molecule has 0 saturated heterocycles. The van der Waals surface area contributed by atoms with E-state index in [1.165, 1.54) is 22.4 Å². The molecule has 1 aliphatic rings. The highest BCUT2D eigenvalue weighted by molar-refractivity contribution is 5.87. The number of hydrogen-bond donors (Lipinski definition) is 0. The van der Waals surface area contributed by atoms with Gasteiger partial charge in [-0.2, -0.15) is 0 Å². The molecule has 0 fully saturated rings. The molecule has 0 aliphatic carbocycles. The van der Waals surface area contributed by atoms with Crippen molar-refractivity contribution in [1.82, 2.24) is 15.0 Å². The van der Waals surface area contributed by atoms with E-state index in [1.807, 2.05) is 4.68 Å². The second-order valence-electron chi connectivity index (χ2n) is 5.63. The van der Waals surface area contributed by atoms with Crippen molar-refractivity contribution in [2.45, 2.75) is 20.0 Å². The molecule has 3 aromatic rings. The highest BCUT2D eigenvalue weighted by Crippen LogP contribution is 2.40. The predicted octanol–water partition coefficient (Wildman–Crippen LogP) is 3.58. The lowest BCUT2D eigenvalue weighted by Gasteiger charge is -2.26. The summed E-state index contributed by atoms with van der Waals surface area (Å²) in [4.78, 5) is 2.30. The summed E-state index contributed by atoms with van der Waals surface area (Å²) in [7, 11) is 2.14. The second kappa shape index (κ2) is 4.98. The number of fused-ring (bicyclic) bond motifs is 5. The summed E-state index contributed by atoms with van der Waals surface area (Å²) in [5, 5.41) is 8.86. The Hall–Kier alpha value is -2.62. The second-order valence-corrected chi connectivity index (χ2v) is 5.63. The van der Waals surface area contributed by atoms with Crippen LogP contribution in [0.5, 0.6) is 0 Å². The van der Waals surface area contributed by atoms with E-state index in [4.69, 9.17) is 0 Å². The highest BCUT2D eigenvalue weighted by Gasteiger charge is 2.24. The van der Waals surface area contributed by atoms with Gasteiger partial charge < -0.3 is 4.90 Å². The lowest BCUT2D eigenvalue weighted by Crippen LogP contribution is -2.19. The largest absolute Gasteiger partial charge is 0.370 e. The van der Waals surface area contributed by atoms with E-state index in [0.29, 0.717) is 0 Å². The van der Waals surface area contributed by atoms with Gasteiger partial charge in [-0.25, -0.2) is 4.68 Å². The van der Waals surface area contributed by atoms with Gasteiger partial charge in [-0.3, -0.25) is 0 Å². The van der Waals surface area contributed by atoms with Gasteiger partial charge in [0.15, 0.2) is 0 Å². The van der Waals surface area contributed by atoms with E-state index in [0.717, 1.165) is 24.5 Å². The van der Waals surface area contributed by atoms with Crippen molar-refractivity contribution in [3.63, 3.8) is 0 Å². The van der Waals surface area contributed by atoms with Crippen LogP contribution in [0.2, 0.25) is 0 Å². The van der Waals surface area contributed by atoms with Gasteiger partial charge in [0, 0.05) is 37.0 Å². The van der Waals surface area contributed by atoms with E-state index in [9.17, 15) is 0 Å². The molecule has 0 atom stereocenters. The first-order valence-electron chi connectivity index (χ1n) is 7.62. The molecule has 0 spiro atoms. The zero-order valence-electron chi connectivity index (χ0n) is 12.8. The van der Waals surface area contributed by atoms with Crippen molar-refractivity contribution in [1.29, 1.82) is 0 Å². The fourth-order valence-corrected chi connectivity index (χ4v) is 3.22. The predicted molar refractivity (Wildman–Crippen MR) is 88.7 cm³/mol. The third kappa shape index (κ3) is 1.84. The van der Waals surface area contributed by atoms with Gasteiger partial charge in [0.2, 0.25) is 0 Å². The van der Waals surface area contributed by atoms with Gasteiger partial charge in [0.1, 0.15) is 5.69 Å². The minimum Gasteiger partial charge on any atom is -0.370 e. The summed E-state index contributed by atoms with van der Waals surface area (Å²) < 4.78 is 1.99. The Balaban J connectivity index is 2.10. The number of para-hydroxylation sites is 1. The fourth-order valence-electron chi connectivity index (χ4n) is 3.22. The number of aryl methyl sites for hydroxylation is 1. The Morgan fingerprint density at radius 2 is 1.73 bits per heavy atom. The van der Waals surface area contributed by atoms with Gasteiger partial charge in [-0.05, 0) is 18.6 Å². The monoisotopic (exact) mass is 290 g/mol. The molecule has 4 rings (SSSR count). The molecule has 22 heavy (non-hydrogen) atoms. The van der Waals surface area contributed by atoms with Crippen molar-refractivity contribution in [2.75, 3.05) is 11.9 Å². The Kier molecular flexibility index (Phi) is 2.96. The molecule has 4 nitrogen and oxygen atoms in total. The number of hydrogen-bond acceptors (Lipinski definition) is 3. The summed E-state index contributed by atoms with van der Waals surface area (Å²) in [6.07, 6.45) is 0. The zero-order chi connectivity index (χ0) is 15.1. The number of anilines is 1. The molecule has 0 radical (unpaired) electrons. The van der Waals surface area contributed by atoms with E-state index in [-0.39, 0.29) is 0 Å². The lowest BCUT2D eigenvalue weighted by molar-refractivity contribution is 0.633. The Morgan fingerprint density at radius 3 is 2.55 bits per heavy atom. The number of rotatable bonds is 1. The fraction of sp³-hybridized carbons (Fsp3) is 0.222. The third-order valence-corrected chi connectivity index (χ3v) is 4.29. The van der Waals surface area contributed by atoms with Crippen LogP contribution in [-0.2, 0) is 13.1 Å². The van der Waals surface area contributed by atoms with Crippen LogP contribution < -0.4 is 4.90 Å². The summed E-state index contributed by atoms with van der Waals surface area (Å²) in [6.45, 7) is 3.78. The average molecular weight is 290 g/mol. The van der Waals surface area contributed by atoms with Crippen LogP contribution >= 0.6 is 0 Å². The van der Waals surface area contributed by atoms with Gasteiger partial charge in [-0.1, -0.05) is 47.7 Å². The SMILES string of the molecule is CCn1nnc2c1-c1ccccc1N(C)Cc1ccccc1-2. The van der Waals surface area contributed by atoms with Crippen LogP contribution in [0.3, 0.4) is 0 Å². The summed E-state index contributed by atoms with van der Waals surface area (Å²) in [5.74, 6) is 0. The molecule has 0 saturated carbocycles. The molecule has 0 bridgehead atoms. The topological polar surface area (TPSA) is 34.0 Å². The van der Waals surface area contributed by atoms with Crippen molar-refractivity contribution >= 4 is 5.69 Å². The van der Waals surface area contributed by atoms with Crippen LogP contribution in [0.1, 0.15) is 12.5 Å². The third-order valence-electron chi connectivity index (χ3n) is 4.29. The maximum Gasteiger partial charge on any atom is 0.121 e. The van der Waals surface area contributed by atoms with E-state index < -0.39 is 0 Å². The smallest absolute Gasteiger partial charge is 0.121 e. The molecule has 1 aromatic heterocycles. The molecule has 0 unspecified atom stereocenters. The first kappa shape index (κ1) is 13.1. The molecule has 1 aliphatic heterocycles. The maximum atomic E-state index is 4.49. The van der Waals surface area contributed by atoms with Crippen molar-refractivity contribution in [3.05, 3.63) is 54.1 Å². The zero-order valence-corrected chi connectivity index (χ0v) is 12.8. The number of benzene rings is 2. The van der Waals surface area contributed by atoms with Crippen LogP contribution in [0, 0.1) is 0 Å². The lowest BCUT2D eigenvalue weighted by atomic mass is 9.96. The number of aromatic nitrogens is 3. The summed E-state index contributed by atoms with van der Waals surface area (Å²) in [6, 6.07) is 17.0. The highest BCUT2D eigenvalue weighted by atomic mass is 15.4. The molecule has 0 N–H and O–H groups in total. The first-order chi connectivity index (χ1) is 10.8. The van der Waals surface area contributed by atoms with Gasteiger partial charge in [-0.15, -0.1) is 5.10 Å². The van der Waals surface area contributed by atoms with Crippen LogP contribution in [0.25, 0.3) is 22.5 Å². The molecule has 4 heteroatoms. The summed E-state index contributed by atoms with van der Waals surface area (Å²) >= 11 is 0. The first-order valence-corrected chi connectivity index (χ1v) is 7.62. The standard InChI is InChI=1S/C18H18N4/c1-3-22-18-15-10-6-7-11-16(15)21(2)12-13-8-4-5-9-14(13)17(18)19-20-22/h4-11H,3,12H2,1-2H3. The quantitative estimate of drug-likeness (QED) is 0.687. The van der Waals surface area contributed by atoms with Crippen LogP contribution in [0.4, 0.5) is 5.69 Å². The van der Waals surface area contributed by atoms with E-state index in [1.54, 1.807) is 0 Å². The van der Waals surface area contributed by atoms with Crippen molar-refractivity contribution in [2.24, 2.45) is 0 Å². The molecule has 2 aromatic carbocycles. The molecular weight excluding hydrogens is 272 g/mol. The van der Waals surface area contributed by atoms with E-state index >= 15 is 0 Å². The molecular formula is C18H18N4. The van der Waals surface area contributed by atoms with Gasteiger partial charge in [0.05, 0.1) is 5.69 Å². The maximum absolute atomic E-state index is 4.49. The van der Waals surface area contributed by atoms with Crippen molar-refractivity contribution in [3.8, 4) is 22.5 Å². The molecule has 0 amide bonds. The average Bonchev–Trinajstić information content (AvgIpc) is 2.97. The van der Waals surface area contributed by atoms with Crippen LogP contribution in [0.15, 0.2) is 48.5 Å². The minimum atomic E-state index is 0.808. The number of nitrogens with zero attached hydrogens (tertiary/aromatic N) is 4. The Labute approximate surface area is 130 Å². The Bertz CT molecular complexity index is 835. The van der Waals surface area contributed by atoms with Crippen molar-refractivity contribution < 1.29 is 0 Å². The van der Waals surface area contributed by atoms with E-state index in [2.05, 4.69) is 77.7 Å². The normalized spacial score (nSPS) is 12.9. The Morgan fingerprint density at radius 1 is 1.00 bits per heavy atom. The molecule has 2 heterocycles. The van der Waals surface area contributed by atoms with Crippen LogP contribution in [-0.4, -0.2) is 22.0 Å². The van der Waals surface area contributed by atoms with Gasteiger partial charge in [0.25, 0.3) is 0 Å². The minimum absolute atomic E-state index is 0.808.